The number of urea groups is 1. The summed E-state index contributed by atoms with van der Waals surface area (Å²) >= 11 is 0. The number of halogens is 3. The molecule has 3 N–H and O–H groups in total. The second-order valence-corrected chi connectivity index (χ2v) is 7.94. The predicted octanol–water partition coefficient (Wildman–Crippen LogP) is 5.28. The summed E-state index contributed by atoms with van der Waals surface area (Å²) in [5, 5.41) is 7.76. The van der Waals surface area contributed by atoms with Crippen molar-refractivity contribution < 1.29 is 22.8 Å². The maximum Gasteiger partial charge on any atom is 0.323 e. The summed E-state index contributed by atoms with van der Waals surface area (Å²) in [7, 11) is 0. The molecule has 0 spiro atoms. The van der Waals surface area contributed by atoms with Crippen molar-refractivity contribution in [3.05, 3.63) is 89.2 Å². The monoisotopic (exact) mass is 468 g/mol. The number of hydrogen-bond donors (Lipinski definition) is 3. The third-order valence-corrected chi connectivity index (χ3v) is 5.48. The third-order valence-electron chi connectivity index (χ3n) is 5.48. The van der Waals surface area contributed by atoms with Gasteiger partial charge in [0.1, 0.15) is 17.5 Å². The number of benzene rings is 3. The van der Waals surface area contributed by atoms with E-state index in [0.717, 1.165) is 43.8 Å². The minimum absolute atomic E-state index is 0.136. The van der Waals surface area contributed by atoms with Gasteiger partial charge in [0.15, 0.2) is 0 Å². The van der Waals surface area contributed by atoms with Crippen molar-refractivity contribution in [2.45, 2.75) is 19.4 Å². The molecule has 1 saturated heterocycles. The van der Waals surface area contributed by atoms with E-state index in [-0.39, 0.29) is 12.2 Å². The Morgan fingerprint density at radius 1 is 0.824 bits per heavy atom. The number of hydrogen-bond acceptors (Lipinski definition) is 3. The van der Waals surface area contributed by atoms with Crippen LogP contribution in [-0.2, 0) is 6.54 Å². The number of anilines is 3. The van der Waals surface area contributed by atoms with Crippen LogP contribution in [0.3, 0.4) is 0 Å². The summed E-state index contributed by atoms with van der Waals surface area (Å²) in [5.74, 6) is -2.45. The second-order valence-electron chi connectivity index (χ2n) is 7.94. The first-order valence-corrected chi connectivity index (χ1v) is 10.8. The molecule has 1 aliphatic heterocycles. The topological polar surface area (TPSA) is 73.5 Å². The molecule has 3 aromatic carbocycles. The van der Waals surface area contributed by atoms with Crippen molar-refractivity contribution in [1.82, 2.24) is 5.32 Å². The van der Waals surface area contributed by atoms with Crippen LogP contribution in [0, 0.1) is 17.5 Å². The van der Waals surface area contributed by atoms with Gasteiger partial charge in [-0.3, -0.25) is 4.79 Å². The smallest absolute Gasteiger partial charge is 0.323 e. The van der Waals surface area contributed by atoms with Crippen LogP contribution in [0.25, 0.3) is 0 Å². The minimum atomic E-state index is -0.902. The summed E-state index contributed by atoms with van der Waals surface area (Å²) < 4.78 is 40.4. The molecule has 0 atom stereocenters. The van der Waals surface area contributed by atoms with Gasteiger partial charge < -0.3 is 20.9 Å². The van der Waals surface area contributed by atoms with Crippen molar-refractivity contribution in [2.24, 2.45) is 0 Å². The van der Waals surface area contributed by atoms with Gasteiger partial charge in [0.05, 0.1) is 17.1 Å². The van der Waals surface area contributed by atoms with Crippen LogP contribution in [0.4, 0.5) is 35.0 Å². The number of amides is 3. The van der Waals surface area contributed by atoms with E-state index in [1.54, 1.807) is 24.3 Å². The predicted molar refractivity (Wildman–Crippen MR) is 124 cm³/mol. The summed E-state index contributed by atoms with van der Waals surface area (Å²) in [6.07, 6.45) is 2.00. The Hall–Kier alpha value is -4.01. The molecule has 6 nitrogen and oxygen atoms in total. The highest BCUT2D eigenvalue weighted by Gasteiger charge is 2.19. The highest BCUT2D eigenvalue weighted by Crippen LogP contribution is 2.30. The zero-order chi connectivity index (χ0) is 24.1. The molecule has 0 aromatic heterocycles. The Bertz CT molecular complexity index is 1210. The SMILES string of the molecule is O=C(Nc1ccc(F)cc1F)Nc1cc(C(=O)NCc2cccc(F)c2)ccc1N1CCCC1. The molecule has 0 saturated carbocycles. The van der Waals surface area contributed by atoms with E-state index in [9.17, 15) is 22.8 Å². The maximum atomic E-state index is 13.9. The van der Waals surface area contributed by atoms with Gasteiger partial charge in [0.2, 0.25) is 0 Å². The first kappa shape index (κ1) is 23.2. The summed E-state index contributed by atoms with van der Waals surface area (Å²) in [5.41, 5.74) is 1.84. The Balaban J connectivity index is 1.51. The number of rotatable bonds is 6. The van der Waals surface area contributed by atoms with E-state index in [0.29, 0.717) is 22.9 Å². The van der Waals surface area contributed by atoms with Crippen molar-refractivity contribution in [2.75, 3.05) is 28.6 Å². The highest BCUT2D eigenvalue weighted by molar-refractivity contribution is 6.04. The zero-order valence-electron chi connectivity index (χ0n) is 18.2. The van der Waals surface area contributed by atoms with Gasteiger partial charge in [-0.2, -0.15) is 0 Å². The fourth-order valence-corrected chi connectivity index (χ4v) is 3.81. The molecule has 4 rings (SSSR count). The Kier molecular flexibility index (Phi) is 7.01. The van der Waals surface area contributed by atoms with Crippen LogP contribution >= 0.6 is 0 Å². The lowest BCUT2D eigenvalue weighted by molar-refractivity contribution is 0.0951. The lowest BCUT2D eigenvalue weighted by atomic mass is 10.1. The quantitative estimate of drug-likeness (QED) is 0.461. The van der Waals surface area contributed by atoms with Gasteiger partial charge in [-0.25, -0.2) is 18.0 Å². The number of carbonyl (C=O) groups is 2. The fourth-order valence-electron chi connectivity index (χ4n) is 3.81. The minimum Gasteiger partial charge on any atom is -0.370 e. The average Bonchev–Trinajstić information content (AvgIpc) is 3.34. The van der Waals surface area contributed by atoms with Gasteiger partial charge in [0.25, 0.3) is 5.91 Å². The molecular formula is C25H23F3N4O2. The van der Waals surface area contributed by atoms with Gasteiger partial charge >= 0.3 is 6.03 Å². The number of nitrogens with one attached hydrogen (secondary N) is 3. The van der Waals surface area contributed by atoms with Crippen LogP contribution < -0.4 is 20.9 Å². The Labute approximate surface area is 194 Å². The van der Waals surface area contributed by atoms with Crippen LogP contribution in [-0.4, -0.2) is 25.0 Å². The molecule has 0 radical (unpaired) electrons. The molecule has 1 fully saturated rings. The van der Waals surface area contributed by atoms with E-state index in [1.165, 1.54) is 18.2 Å². The Morgan fingerprint density at radius 2 is 1.56 bits per heavy atom. The van der Waals surface area contributed by atoms with Crippen molar-refractivity contribution in [1.29, 1.82) is 0 Å². The normalized spacial score (nSPS) is 13.0. The summed E-state index contributed by atoms with van der Waals surface area (Å²) in [4.78, 5) is 27.4. The van der Waals surface area contributed by atoms with E-state index < -0.39 is 29.4 Å². The van der Waals surface area contributed by atoms with Crippen molar-refractivity contribution >= 4 is 29.0 Å². The number of carbonyl (C=O) groups excluding carboxylic acids is 2. The highest BCUT2D eigenvalue weighted by atomic mass is 19.1. The van der Waals surface area contributed by atoms with Gasteiger partial charge in [-0.15, -0.1) is 0 Å². The first-order chi connectivity index (χ1) is 16.4. The summed E-state index contributed by atoms with van der Waals surface area (Å²) in [6, 6.07) is 13.0. The standard InChI is InChI=1S/C25H23F3N4O2/c26-18-5-3-4-16(12-18)15-29-24(33)17-6-9-23(32-10-1-2-11-32)22(13-17)31-25(34)30-21-8-7-19(27)14-20(21)28/h3-9,12-14H,1-2,10-11,15H2,(H,29,33)(H2,30,31,34). The molecule has 1 heterocycles. The van der Waals surface area contributed by atoms with Crippen LogP contribution in [0.15, 0.2) is 60.7 Å². The molecule has 34 heavy (non-hydrogen) atoms. The largest absolute Gasteiger partial charge is 0.370 e. The van der Waals surface area contributed by atoms with Crippen molar-refractivity contribution in [3.8, 4) is 0 Å². The van der Waals surface area contributed by atoms with Gasteiger partial charge in [-0.05, 0) is 60.9 Å². The van der Waals surface area contributed by atoms with Crippen LogP contribution in [0.2, 0.25) is 0 Å². The lowest BCUT2D eigenvalue weighted by Crippen LogP contribution is -2.26. The molecule has 176 valence electrons. The average molecular weight is 468 g/mol. The van der Waals surface area contributed by atoms with E-state index in [1.807, 2.05) is 0 Å². The molecule has 0 unspecified atom stereocenters. The van der Waals surface area contributed by atoms with E-state index in [2.05, 4.69) is 20.9 Å². The fraction of sp³-hybridized carbons (Fsp3) is 0.200. The molecule has 0 aliphatic carbocycles. The van der Waals surface area contributed by atoms with Crippen LogP contribution in [0.1, 0.15) is 28.8 Å². The first-order valence-electron chi connectivity index (χ1n) is 10.8. The third kappa shape index (κ3) is 5.67. The van der Waals surface area contributed by atoms with E-state index in [4.69, 9.17) is 0 Å². The van der Waals surface area contributed by atoms with Crippen LogP contribution in [0.5, 0.6) is 0 Å². The van der Waals surface area contributed by atoms with E-state index >= 15 is 0 Å². The zero-order valence-corrected chi connectivity index (χ0v) is 18.2. The molecule has 1 aliphatic rings. The molecule has 0 bridgehead atoms. The van der Waals surface area contributed by atoms with Gasteiger partial charge in [0, 0.05) is 31.3 Å². The Morgan fingerprint density at radius 3 is 2.29 bits per heavy atom. The summed E-state index contributed by atoms with van der Waals surface area (Å²) in [6.45, 7) is 1.74. The molecular weight excluding hydrogens is 445 g/mol. The molecule has 3 aromatic rings. The van der Waals surface area contributed by atoms with Gasteiger partial charge in [-0.1, -0.05) is 12.1 Å². The van der Waals surface area contributed by atoms with Crippen molar-refractivity contribution in [3.63, 3.8) is 0 Å². The second kappa shape index (κ2) is 10.3. The number of nitrogens with zero attached hydrogens (tertiary/aromatic N) is 1. The maximum absolute atomic E-state index is 13.9. The lowest BCUT2D eigenvalue weighted by Gasteiger charge is -2.22. The molecule has 9 heteroatoms. The molecule has 3 amide bonds.